The molecule has 1 aromatic rings. The predicted molar refractivity (Wildman–Crippen MR) is 89.8 cm³/mol. The summed E-state index contributed by atoms with van der Waals surface area (Å²) >= 11 is 12.2. The van der Waals surface area contributed by atoms with Gasteiger partial charge in [0.1, 0.15) is 10.2 Å². The number of hydrogen-bond acceptors (Lipinski definition) is 3. The Morgan fingerprint density at radius 1 is 1.20 bits per heavy atom. The molecule has 1 atom stereocenters. The van der Waals surface area contributed by atoms with Gasteiger partial charge in [0.2, 0.25) is 5.91 Å². The van der Waals surface area contributed by atoms with Crippen LogP contribution in [0.25, 0.3) is 0 Å². The van der Waals surface area contributed by atoms with Crippen LogP contribution in [0.4, 0.5) is 19.0 Å². The molecule has 2 fully saturated rings. The number of carbonyl (C=O) groups excluding carboxylic acids is 1. The highest BCUT2D eigenvalue weighted by molar-refractivity contribution is 6.53. The number of hydrogen-bond donors (Lipinski definition) is 0. The van der Waals surface area contributed by atoms with Gasteiger partial charge in [0, 0.05) is 32.4 Å². The second kappa shape index (κ2) is 6.20. The summed E-state index contributed by atoms with van der Waals surface area (Å²) in [6.07, 6.45) is -2.43. The zero-order valence-corrected chi connectivity index (χ0v) is 15.1. The Morgan fingerprint density at radius 2 is 1.88 bits per heavy atom. The molecule has 25 heavy (non-hydrogen) atoms. The van der Waals surface area contributed by atoms with Gasteiger partial charge in [0.15, 0.2) is 0 Å². The summed E-state index contributed by atoms with van der Waals surface area (Å²) in [6.45, 7) is 3.90. The molecule has 9 heteroatoms. The largest absolute Gasteiger partial charge is 0.417 e. The molecule has 1 aromatic heterocycles. The van der Waals surface area contributed by atoms with Crippen LogP contribution in [-0.4, -0.2) is 46.3 Å². The van der Waals surface area contributed by atoms with Crippen molar-refractivity contribution in [2.24, 2.45) is 5.41 Å². The second-order valence-corrected chi connectivity index (χ2v) is 8.23. The van der Waals surface area contributed by atoms with Crippen molar-refractivity contribution in [2.45, 2.75) is 30.3 Å². The van der Waals surface area contributed by atoms with Gasteiger partial charge >= 0.3 is 6.18 Å². The van der Waals surface area contributed by atoms with Crippen molar-refractivity contribution in [1.82, 2.24) is 9.88 Å². The summed E-state index contributed by atoms with van der Waals surface area (Å²) < 4.78 is 36.9. The van der Waals surface area contributed by atoms with E-state index in [1.807, 2.05) is 4.90 Å². The van der Waals surface area contributed by atoms with E-state index >= 15 is 0 Å². The summed E-state index contributed by atoms with van der Waals surface area (Å²) in [5.41, 5.74) is -1.53. The molecule has 1 aliphatic carbocycles. The first-order chi connectivity index (χ1) is 11.5. The summed E-state index contributed by atoms with van der Waals surface area (Å²) in [6, 6.07) is 2.39. The lowest BCUT2D eigenvalue weighted by atomic mass is 10.1. The van der Waals surface area contributed by atoms with E-state index in [1.54, 1.807) is 11.8 Å². The van der Waals surface area contributed by atoms with Crippen molar-refractivity contribution in [2.75, 3.05) is 31.1 Å². The van der Waals surface area contributed by atoms with Crippen molar-refractivity contribution in [3.8, 4) is 0 Å². The van der Waals surface area contributed by atoms with Gasteiger partial charge in [0.25, 0.3) is 0 Å². The maximum Gasteiger partial charge on any atom is 0.417 e. The van der Waals surface area contributed by atoms with Crippen LogP contribution in [0.2, 0.25) is 0 Å². The van der Waals surface area contributed by atoms with Crippen molar-refractivity contribution in [1.29, 1.82) is 0 Å². The topological polar surface area (TPSA) is 36.4 Å². The third-order valence-corrected chi connectivity index (χ3v) is 6.01. The Balaban J connectivity index is 1.65. The van der Waals surface area contributed by atoms with Crippen LogP contribution in [-0.2, 0) is 11.0 Å². The molecular formula is C16H18Cl2F3N3O. The molecule has 1 amide bonds. The summed E-state index contributed by atoms with van der Waals surface area (Å²) in [5.74, 6) is 0.406. The van der Waals surface area contributed by atoms with Gasteiger partial charge in [-0.05, 0) is 31.9 Å². The highest BCUT2D eigenvalue weighted by Gasteiger charge is 2.68. The third kappa shape index (κ3) is 3.53. The van der Waals surface area contributed by atoms with Gasteiger partial charge in [-0.15, -0.1) is 23.2 Å². The van der Waals surface area contributed by atoms with Crippen molar-refractivity contribution >= 4 is 34.9 Å². The minimum Gasteiger partial charge on any atom is -0.355 e. The Morgan fingerprint density at radius 3 is 2.40 bits per heavy atom. The molecule has 3 rings (SSSR count). The molecule has 2 heterocycles. The molecule has 138 valence electrons. The standard InChI is InChI=1S/C16H18Cl2F3N3O/c1-14(10-15(14,17)18)13(25)24-6-2-5-23(7-8-24)12-4-3-11(9-22-12)16(19,20)21/h3-4,9H,2,5-8,10H2,1H3. The lowest BCUT2D eigenvalue weighted by Gasteiger charge is -2.25. The summed E-state index contributed by atoms with van der Waals surface area (Å²) in [5, 5.41) is 0. The minimum atomic E-state index is -4.40. The molecule has 1 aliphatic heterocycles. The van der Waals surface area contributed by atoms with Gasteiger partial charge in [-0.3, -0.25) is 4.79 Å². The third-order valence-electron chi connectivity index (χ3n) is 4.91. The van der Waals surface area contributed by atoms with E-state index in [0.29, 0.717) is 44.8 Å². The lowest BCUT2D eigenvalue weighted by molar-refractivity contribution is -0.138. The molecule has 0 bridgehead atoms. The second-order valence-electron chi connectivity index (χ2n) is 6.75. The Labute approximate surface area is 153 Å². The Kier molecular flexibility index (Phi) is 4.60. The fourth-order valence-corrected chi connectivity index (χ4v) is 3.77. The maximum absolute atomic E-state index is 12.6. The number of aromatic nitrogens is 1. The molecule has 0 radical (unpaired) electrons. The van der Waals surface area contributed by atoms with Crippen LogP contribution < -0.4 is 4.90 Å². The van der Waals surface area contributed by atoms with Gasteiger partial charge in [0.05, 0.1) is 11.0 Å². The summed E-state index contributed by atoms with van der Waals surface area (Å²) in [4.78, 5) is 20.2. The highest BCUT2D eigenvalue weighted by atomic mass is 35.5. The van der Waals surface area contributed by atoms with Crippen molar-refractivity contribution in [3.63, 3.8) is 0 Å². The lowest BCUT2D eigenvalue weighted by Crippen LogP contribution is -2.40. The smallest absolute Gasteiger partial charge is 0.355 e. The van der Waals surface area contributed by atoms with Gasteiger partial charge in [-0.2, -0.15) is 13.2 Å². The average Bonchev–Trinajstić information content (AvgIpc) is 3.16. The average molecular weight is 396 g/mol. The van der Waals surface area contributed by atoms with Crippen LogP contribution in [0.1, 0.15) is 25.3 Å². The molecule has 2 aliphatic rings. The number of carbonyl (C=O) groups is 1. The fourth-order valence-electron chi connectivity index (χ4n) is 3.07. The maximum atomic E-state index is 12.6. The van der Waals surface area contributed by atoms with Crippen LogP contribution in [0.3, 0.4) is 0 Å². The van der Waals surface area contributed by atoms with E-state index in [-0.39, 0.29) is 5.91 Å². The van der Waals surface area contributed by atoms with Crippen molar-refractivity contribution in [3.05, 3.63) is 23.9 Å². The number of alkyl halides is 5. The first-order valence-electron chi connectivity index (χ1n) is 8.00. The molecule has 1 saturated carbocycles. The monoisotopic (exact) mass is 395 g/mol. The zero-order valence-electron chi connectivity index (χ0n) is 13.6. The van der Waals surface area contributed by atoms with E-state index in [0.717, 1.165) is 12.3 Å². The number of halogens is 5. The van der Waals surface area contributed by atoms with Gasteiger partial charge in [-0.1, -0.05) is 0 Å². The molecule has 1 unspecified atom stereocenters. The van der Waals surface area contributed by atoms with Crippen LogP contribution in [0.15, 0.2) is 18.3 Å². The molecule has 0 N–H and O–H groups in total. The van der Waals surface area contributed by atoms with E-state index < -0.39 is 21.5 Å². The first-order valence-corrected chi connectivity index (χ1v) is 8.76. The van der Waals surface area contributed by atoms with E-state index in [9.17, 15) is 18.0 Å². The molecule has 0 aromatic carbocycles. The number of rotatable bonds is 2. The van der Waals surface area contributed by atoms with E-state index in [1.165, 1.54) is 6.07 Å². The molecule has 0 spiro atoms. The fraction of sp³-hybridized carbons (Fsp3) is 0.625. The minimum absolute atomic E-state index is 0.0697. The van der Waals surface area contributed by atoms with Crippen molar-refractivity contribution < 1.29 is 18.0 Å². The highest BCUT2D eigenvalue weighted by Crippen LogP contribution is 2.64. The number of anilines is 1. The first kappa shape index (κ1) is 18.6. The number of nitrogens with zero attached hydrogens (tertiary/aromatic N) is 3. The normalized spacial score (nSPS) is 26.3. The van der Waals surface area contributed by atoms with Crippen LogP contribution in [0.5, 0.6) is 0 Å². The predicted octanol–water partition coefficient (Wildman–Crippen LogP) is 3.72. The SMILES string of the molecule is CC1(C(=O)N2CCCN(c3ccc(C(F)(F)F)cn3)CC2)CC1(Cl)Cl. The Hall–Kier alpha value is -1.21. The van der Waals surface area contributed by atoms with E-state index in [4.69, 9.17) is 23.2 Å². The van der Waals surface area contributed by atoms with Gasteiger partial charge < -0.3 is 9.80 Å². The number of amides is 1. The Bertz CT molecular complexity index is 666. The molecular weight excluding hydrogens is 378 g/mol. The summed E-state index contributed by atoms with van der Waals surface area (Å²) in [7, 11) is 0. The quantitative estimate of drug-likeness (QED) is 0.715. The van der Waals surface area contributed by atoms with Crippen LogP contribution >= 0.6 is 23.2 Å². The molecule has 4 nitrogen and oxygen atoms in total. The molecule has 1 saturated heterocycles. The zero-order chi connectivity index (χ0) is 18.5. The van der Waals surface area contributed by atoms with E-state index in [2.05, 4.69) is 4.98 Å². The number of pyridine rings is 1. The van der Waals surface area contributed by atoms with Gasteiger partial charge in [-0.25, -0.2) is 4.98 Å². The van der Waals surface area contributed by atoms with Crippen LogP contribution in [0, 0.1) is 5.41 Å².